The molecular weight excluding hydrogens is 354 g/mol. The van der Waals surface area contributed by atoms with E-state index in [2.05, 4.69) is 6.07 Å². The summed E-state index contributed by atoms with van der Waals surface area (Å²) >= 11 is 1.23. The first kappa shape index (κ1) is 18.3. The number of para-hydroxylation sites is 1. The second kappa shape index (κ2) is 8.26. The molecule has 5 heteroatoms. The van der Waals surface area contributed by atoms with E-state index in [0.29, 0.717) is 33.0 Å². The average molecular weight is 371 g/mol. The fourth-order valence-electron chi connectivity index (χ4n) is 2.58. The summed E-state index contributed by atoms with van der Waals surface area (Å²) in [5.74, 6) is -0.103. The molecule has 0 aliphatic carbocycles. The van der Waals surface area contributed by atoms with Gasteiger partial charge in [0, 0.05) is 21.7 Å². The molecule has 4 N–H and O–H groups in total. The van der Waals surface area contributed by atoms with E-state index in [1.54, 1.807) is 42.5 Å². The summed E-state index contributed by atoms with van der Waals surface area (Å²) in [5.41, 5.74) is 14.7. The number of nitrogens with two attached hydrogens (primary N) is 2. The second-order valence-electron chi connectivity index (χ2n) is 5.77. The Morgan fingerprint density at radius 2 is 1.48 bits per heavy atom. The van der Waals surface area contributed by atoms with Crippen LogP contribution in [-0.2, 0) is 0 Å². The van der Waals surface area contributed by atoms with Gasteiger partial charge in [0.2, 0.25) is 0 Å². The maximum atomic E-state index is 12.7. The monoisotopic (exact) mass is 371 g/mol. The van der Waals surface area contributed by atoms with Crippen LogP contribution in [0.1, 0.15) is 21.5 Å². The van der Waals surface area contributed by atoms with Crippen molar-refractivity contribution in [3.8, 4) is 6.07 Å². The summed E-state index contributed by atoms with van der Waals surface area (Å²) in [7, 11) is 0. The number of carbonyl (C=O) groups excluding carboxylic acids is 1. The van der Waals surface area contributed by atoms with Crippen molar-refractivity contribution in [2.24, 2.45) is 5.73 Å². The SMILES string of the molecule is N#C/C(=C(/N)Sc1ccccc1N)c1cccc(C(=O)c2ccccc2)c1. The smallest absolute Gasteiger partial charge is 0.193 e. The van der Waals surface area contributed by atoms with Crippen LogP contribution in [0, 0.1) is 11.3 Å². The molecule has 0 aliphatic heterocycles. The molecule has 0 saturated heterocycles. The van der Waals surface area contributed by atoms with E-state index in [4.69, 9.17) is 11.5 Å². The number of benzene rings is 3. The van der Waals surface area contributed by atoms with Gasteiger partial charge in [-0.1, -0.05) is 72.4 Å². The Morgan fingerprint density at radius 1 is 0.852 bits per heavy atom. The molecule has 0 aromatic heterocycles. The van der Waals surface area contributed by atoms with Crippen LogP contribution < -0.4 is 11.5 Å². The summed E-state index contributed by atoms with van der Waals surface area (Å²) in [4.78, 5) is 13.4. The number of nitrogens with zero attached hydrogens (tertiary/aromatic N) is 1. The lowest BCUT2D eigenvalue weighted by molar-refractivity contribution is 0.103. The van der Waals surface area contributed by atoms with E-state index < -0.39 is 0 Å². The van der Waals surface area contributed by atoms with Crippen LogP contribution in [0.5, 0.6) is 0 Å². The van der Waals surface area contributed by atoms with E-state index in [1.807, 2.05) is 36.4 Å². The number of carbonyl (C=O) groups is 1. The third-order valence-electron chi connectivity index (χ3n) is 3.95. The van der Waals surface area contributed by atoms with Gasteiger partial charge in [0.15, 0.2) is 5.78 Å². The fourth-order valence-corrected chi connectivity index (χ4v) is 3.41. The predicted octanol–water partition coefficient (Wildman–Crippen LogP) is 4.44. The number of thioether (sulfide) groups is 1. The number of nitriles is 1. The zero-order valence-corrected chi connectivity index (χ0v) is 15.2. The van der Waals surface area contributed by atoms with Crippen molar-refractivity contribution in [3.05, 3.63) is 101 Å². The van der Waals surface area contributed by atoms with E-state index in [-0.39, 0.29) is 5.78 Å². The highest BCUT2D eigenvalue weighted by Crippen LogP contribution is 2.32. The largest absolute Gasteiger partial charge is 0.398 e. The Bertz CT molecular complexity index is 1050. The Balaban J connectivity index is 1.95. The molecule has 0 spiro atoms. The van der Waals surface area contributed by atoms with Crippen molar-refractivity contribution in [2.45, 2.75) is 4.90 Å². The number of hydrogen-bond acceptors (Lipinski definition) is 5. The summed E-state index contributed by atoms with van der Waals surface area (Å²) in [5, 5.41) is 9.96. The lowest BCUT2D eigenvalue weighted by atomic mass is 9.99. The molecule has 0 saturated carbocycles. The van der Waals surface area contributed by atoms with Gasteiger partial charge in [-0.05, 0) is 23.8 Å². The average Bonchev–Trinajstić information content (AvgIpc) is 2.70. The first-order valence-corrected chi connectivity index (χ1v) is 9.04. The molecule has 27 heavy (non-hydrogen) atoms. The third kappa shape index (κ3) is 4.20. The standard InChI is InChI=1S/C22H17N3OS/c23-14-18(22(25)27-20-12-5-4-11-19(20)24)16-9-6-10-17(13-16)21(26)15-7-2-1-3-8-15/h1-13H,24-25H2/b22-18+. The zero-order valence-electron chi connectivity index (χ0n) is 14.4. The first-order chi connectivity index (χ1) is 13.1. The Kier molecular flexibility index (Phi) is 5.60. The first-order valence-electron chi connectivity index (χ1n) is 8.22. The van der Waals surface area contributed by atoms with E-state index in [1.165, 1.54) is 11.8 Å². The fraction of sp³-hybridized carbons (Fsp3) is 0. The van der Waals surface area contributed by atoms with Crippen molar-refractivity contribution < 1.29 is 4.79 Å². The molecule has 0 aliphatic rings. The van der Waals surface area contributed by atoms with Crippen LogP contribution in [0.15, 0.2) is 88.8 Å². The number of nitrogen functional groups attached to an aromatic ring is 1. The molecule has 0 amide bonds. The van der Waals surface area contributed by atoms with Crippen LogP contribution in [0.4, 0.5) is 5.69 Å². The van der Waals surface area contributed by atoms with Crippen molar-refractivity contribution in [2.75, 3.05) is 5.73 Å². The highest BCUT2D eigenvalue weighted by Gasteiger charge is 2.13. The molecule has 0 heterocycles. The molecule has 3 aromatic carbocycles. The number of hydrogen-bond donors (Lipinski definition) is 2. The minimum atomic E-state index is -0.103. The van der Waals surface area contributed by atoms with E-state index >= 15 is 0 Å². The van der Waals surface area contributed by atoms with Gasteiger partial charge in [-0.2, -0.15) is 5.26 Å². The number of ketones is 1. The van der Waals surface area contributed by atoms with Gasteiger partial charge in [-0.15, -0.1) is 0 Å². The molecule has 0 unspecified atom stereocenters. The van der Waals surface area contributed by atoms with Crippen molar-refractivity contribution in [1.29, 1.82) is 5.26 Å². The Morgan fingerprint density at radius 3 is 2.19 bits per heavy atom. The third-order valence-corrected chi connectivity index (χ3v) is 4.96. The number of anilines is 1. The second-order valence-corrected chi connectivity index (χ2v) is 6.85. The van der Waals surface area contributed by atoms with Gasteiger partial charge in [-0.25, -0.2) is 0 Å². The lowest BCUT2D eigenvalue weighted by Gasteiger charge is -2.09. The zero-order chi connectivity index (χ0) is 19.2. The summed E-state index contributed by atoms with van der Waals surface area (Å²) in [6.07, 6.45) is 0. The van der Waals surface area contributed by atoms with Crippen molar-refractivity contribution in [1.82, 2.24) is 0 Å². The van der Waals surface area contributed by atoms with Gasteiger partial charge in [0.05, 0.1) is 10.6 Å². The lowest BCUT2D eigenvalue weighted by Crippen LogP contribution is -2.03. The minimum Gasteiger partial charge on any atom is -0.398 e. The van der Waals surface area contributed by atoms with Crippen LogP contribution in [0.3, 0.4) is 0 Å². The summed E-state index contributed by atoms with van der Waals surface area (Å²) in [6.45, 7) is 0. The quantitative estimate of drug-likeness (QED) is 0.299. The molecule has 0 fully saturated rings. The molecule has 0 radical (unpaired) electrons. The van der Waals surface area contributed by atoms with Crippen molar-refractivity contribution in [3.63, 3.8) is 0 Å². The molecule has 0 atom stereocenters. The van der Waals surface area contributed by atoms with Crippen LogP contribution >= 0.6 is 11.8 Å². The number of rotatable bonds is 5. The number of allylic oxidation sites excluding steroid dienone is 1. The molecule has 4 nitrogen and oxygen atoms in total. The molecule has 132 valence electrons. The Hall–Kier alpha value is -3.49. The summed E-state index contributed by atoms with van der Waals surface area (Å²) in [6, 6.07) is 25.4. The maximum Gasteiger partial charge on any atom is 0.193 e. The highest BCUT2D eigenvalue weighted by molar-refractivity contribution is 8.03. The van der Waals surface area contributed by atoms with Crippen molar-refractivity contribution >= 4 is 28.8 Å². The predicted molar refractivity (Wildman–Crippen MR) is 110 cm³/mol. The van der Waals surface area contributed by atoms with E-state index in [9.17, 15) is 10.1 Å². The maximum absolute atomic E-state index is 12.7. The van der Waals surface area contributed by atoms with Gasteiger partial charge in [-0.3, -0.25) is 4.79 Å². The molecule has 3 aromatic rings. The van der Waals surface area contributed by atoms with Gasteiger partial charge in [0.25, 0.3) is 0 Å². The van der Waals surface area contributed by atoms with Crippen LogP contribution in [-0.4, -0.2) is 5.78 Å². The Labute approximate surface area is 162 Å². The summed E-state index contributed by atoms with van der Waals surface area (Å²) < 4.78 is 0. The van der Waals surface area contributed by atoms with Gasteiger partial charge in [0.1, 0.15) is 6.07 Å². The van der Waals surface area contributed by atoms with Crippen LogP contribution in [0.2, 0.25) is 0 Å². The molecule has 0 bridgehead atoms. The molecule has 3 rings (SSSR count). The van der Waals surface area contributed by atoms with Gasteiger partial charge >= 0.3 is 0 Å². The normalized spacial score (nSPS) is 11.4. The van der Waals surface area contributed by atoms with Crippen LogP contribution in [0.25, 0.3) is 5.57 Å². The minimum absolute atomic E-state index is 0.103. The van der Waals surface area contributed by atoms with Gasteiger partial charge < -0.3 is 11.5 Å². The molecular formula is C22H17N3OS. The topological polar surface area (TPSA) is 92.9 Å². The van der Waals surface area contributed by atoms with E-state index in [0.717, 1.165) is 4.90 Å². The highest BCUT2D eigenvalue weighted by atomic mass is 32.2.